The molecule has 5 fully saturated rings. The van der Waals surface area contributed by atoms with Gasteiger partial charge >= 0.3 is 6.09 Å². The van der Waals surface area contributed by atoms with Crippen LogP contribution in [0.25, 0.3) is 0 Å². The van der Waals surface area contributed by atoms with Crippen molar-refractivity contribution in [3.63, 3.8) is 0 Å². The Morgan fingerprint density at radius 3 is 2.59 bits per heavy atom. The number of carbonyl (C=O) groups is 1. The minimum absolute atomic E-state index is 0.0253. The molecule has 0 bridgehead atoms. The molecule has 0 aromatic heterocycles. The Labute approximate surface area is 264 Å². The van der Waals surface area contributed by atoms with Gasteiger partial charge in [-0.15, -0.1) is 0 Å². The number of hydrogen-bond donors (Lipinski definition) is 0. The Morgan fingerprint density at radius 2 is 1.84 bits per heavy atom. The van der Waals surface area contributed by atoms with Gasteiger partial charge in [-0.3, -0.25) is 4.18 Å². The van der Waals surface area contributed by atoms with Crippen LogP contribution >= 0.6 is 0 Å². The number of piperidine rings is 1. The second-order valence-corrected chi connectivity index (χ2v) is 17.2. The van der Waals surface area contributed by atoms with Crippen molar-refractivity contribution in [1.82, 2.24) is 4.90 Å². The molecule has 6 aliphatic rings. The van der Waals surface area contributed by atoms with Gasteiger partial charge in [-0.2, -0.15) is 8.42 Å². The predicted molar refractivity (Wildman–Crippen MR) is 169 cm³/mol. The molecule has 1 aromatic rings. The second kappa shape index (κ2) is 11.1. The molecule has 0 unspecified atom stereocenters. The highest BCUT2D eigenvalue weighted by molar-refractivity contribution is 7.86. The number of amides is 1. The first-order valence-corrected chi connectivity index (χ1v) is 18.9. The van der Waals surface area contributed by atoms with Crippen LogP contribution in [0.5, 0.6) is 0 Å². The lowest BCUT2D eigenvalue weighted by Gasteiger charge is -2.54. The summed E-state index contributed by atoms with van der Waals surface area (Å²) in [6, 6.07) is 9.95. The number of carbonyl (C=O) groups excluding carboxylic acids is 1. The summed E-state index contributed by atoms with van der Waals surface area (Å²) in [6.45, 7) is 10.4. The zero-order chi connectivity index (χ0) is 31.0. The molecular weight excluding hydrogens is 574 g/mol. The highest BCUT2D eigenvalue weighted by Gasteiger charge is 2.63. The third kappa shape index (κ3) is 5.06. The first kappa shape index (κ1) is 30.7. The van der Waals surface area contributed by atoms with Gasteiger partial charge in [0.05, 0.1) is 30.1 Å². The van der Waals surface area contributed by atoms with Gasteiger partial charge in [-0.05, 0) is 111 Å². The van der Waals surface area contributed by atoms with Gasteiger partial charge in [-0.25, -0.2) is 4.79 Å². The molecule has 1 aromatic carbocycles. The average molecular weight is 626 g/mol. The van der Waals surface area contributed by atoms with Crippen LogP contribution in [0.15, 0.2) is 41.5 Å². The third-order valence-corrected chi connectivity index (χ3v) is 13.9. The summed E-state index contributed by atoms with van der Waals surface area (Å²) >= 11 is 0. The lowest BCUT2D eigenvalue weighted by molar-refractivity contribution is -0.0709. The van der Waals surface area contributed by atoms with Crippen molar-refractivity contribution in [3.8, 4) is 0 Å². The molecule has 0 radical (unpaired) electrons. The van der Waals surface area contributed by atoms with Crippen LogP contribution in [0.4, 0.5) is 4.79 Å². The summed E-state index contributed by atoms with van der Waals surface area (Å²) in [5.41, 5.74) is 3.99. The van der Waals surface area contributed by atoms with E-state index in [-0.39, 0.29) is 47.9 Å². The Bertz CT molecular complexity index is 1410. The number of allylic oxidation sites excluding steroid dienone is 1. The summed E-state index contributed by atoms with van der Waals surface area (Å²) < 4.78 is 42.3. The SMILES string of the molecule is CC1=C2C[C@H]3[C@@H](CC[C@@H]4C[C@@H](OS(C)(=O)=O)CC[C@@]43C)[C@@H]2CC[C@]12O[C@@H]1C[C@H](C)CN(C(=O)OCc3ccccc3)[C@H]1[C@H]2C. The molecule has 1 amide bonds. The van der Waals surface area contributed by atoms with Gasteiger partial charge < -0.3 is 14.4 Å². The first-order chi connectivity index (χ1) is 20.9. The van der Waals surface area contributed by atoms with Gasteiger partial charge in [0.15, 0.2) is 0 Å². The summed E-state index contributed by atoms with van der Waals surface area (Å²) in [6.07, 6.45) is 10.2. The van der Waals surface area contributed by atoms with Crippen LogP contribution in [0.1, 0.15) is 91.0 Å². The minimum atomic E-state index is -3.43. The third-order valence-electron chi connectivity index (χ3n) is 13.3. The van der Waals surface area contributed by atoms with E-state index in [0.29, 0.717) is 36.1 Å². The number of rotatable bonds is 4. The van der Waals surface area contributed by atoms with Crippen LogP contribution in [0, 0.1) is 40.9 Å². The topological polar surface area (TPSA) is 82.1 Å². The van der Waals surface area contributed by atoms with Crippen molar-refractivity contribution in [1.29, 1.82) is 0 Å². The molecule has 11 atom stereocenters. The van der Waals surface area contributed by atoms with Crippen molar-refractivity contribution in [3.05, 3.63) is 47.0 Å². The molecule has 4 aliphatic carbocycles. The molecule has 44 heavy (non-hydrogen) atoms. The lowest BCUT2D eigenvalue weighted by atomic mass is 9.52. The standard InChI is InChI=1S/C36H51NO6S/c1-22-17-32-33(37(20-22)34(38)41-21-25-9-7-6-8-10-25)24(3)36(42-32)16-14-28-29-12-11-26-18-27(43-44(5,39)40)13-15-35(26,4)31(29)19-30(28)23(36)2/h6-10,22,24,26-29,31-33H,11-21H2,1-5H3/t22-,24+,26+,27-,28-,29-,31-,32+,33-,35-,36-/m0/s1. The van der Waals surface area contributed by atoms with E-state index in [1.54, 1.807) is 5.57 Å². The van der Waals surface area contributed by atoms with E-state index < -0.39 is 10.1 Å². The minimum Gasteiger partial charge on any atom is -0.445 e. The molecule has 1 spiro atoms. The molecule has 3 saturated carbocycles. The van der Waals surface area contributed by atoms with Crippen LogP contribution in [0.3, 0.4) is 0 Å². The number of likely N-dealkylation sites (tertiary alicyclic amines) is 1. The number of hydrogen-bond acceptors (Lipinski definition) is 6. The molecule has 7 nitrogen and oxygen atoms in total. The van der Waals surface area contributed by atoms with E-state index in [1.807, 2.05) is 35.2 Å². The number of nitrogens with zero attached hydrogens (tertiary/aromatic N) is 1. The van der Waals surface area contributed by atoms with Gasteiger partial charge in [0.1, 0.15) is 6.61 Å². The van der Waals surface area contributed by atoms with Crippen molar-refractivity contribution in [2.24, 2.45) is 40.9 Å². The van der Waals surface area contributed by atoms with E-state index in [2.05, 4.69) is 27.7 Å². The van der Waals surface area contributed by atoms with E-state index in [1.165, 1.54) is 24.7 Å². The molecule has 0 N–H and O–H groups in total. The molecular formula is C36H51NO6S. The summed E-state index contributed by atoms with van der Waals surface area (Å²) in [5, 5.41) is 0. The van der Waals surface area contributed by atoms with Gasteiger partial charge in [0, 0.05) is 12.5 Å². The Hall–Kier alpha value is -1.90. The maximum Gasteiger partial charge on any atom is 0.410 e. The fourth-order valence-corrected chi connectivity index (χ4v) is 11.9. The molecule has 2 aliphatic heterocycles. The van der Waals surface area contributed by atoms with E-state index in [4.69, 9.17) is 13.7 Å². The smallest absolute Gasteiger partial charge is 0.410 e. The fraction of sp³-hybridized carbons (Fsp3) is 0.750. The van der Waals surface area contributed by atoms with Crippen LogP contribution in [-0.2, 0) is 30.4 Å². The molecule has 7 rings (SSSR count). The molecule has 2 saturated heterocycles. The normalized spacial score (nSPS) is 43.3. The number of fused-ring (bicyclic) bond motifs is 6. The van der Waals surface area contributed by atoms with Gasteiger partial charge in [-0.1, -0.05) is 56.7 Å². The van der Waals surface area contributed by atoms with E-state index >= 15 is 0 Å². The predicted octanol–water partition coefficient (Wildman–Crippen LogP) is 7.11. The average Bonchev–Trinajstić information content (AvgIpc) is 3.50. The summed E-state index contributed by atoms with van der Waals surface area (Å²) in [5.74, 6) is 3.04. The maximum absolute atomic E-state index is 13.6. The van der Waals surface area contributed by atoms with Crippen molar-refractivity contribution >= 4 is 16.2 Å². The van der Waals surface area contributed by atoms with Crippen molar-refractivity contribution in [2.45, 2.75) is 116 Å². The van der Waals surface area contributed by atoms with Crippen LogP contribution in [0.2, 0.25) is 0 Å². The quantitative estimate of drug-likeness (QED) is 0.262. The molecule has 2 heterocycles. The number of benzene rings is 1. The Morgan fingerprint density at radius 1 is 1.07 bits per heavy atom. The first-order valence-electron chi connectivity index (χ1n) is 17.1. The van der Waals surface area contributed by atoms with Crippen molar-refractivity contribution in [2.75, 3.05) is 12.8 Å². The largest absolute Gasteiger partial charge is 0.445 e. The highest BCUT2D eigenvalue weighted by Crippen LogP contribution is 2.66. The second-order valence-electron chi connectivity index (χ2n) is 15.6. The summed E-state index contributed by atoms with van der Waals surface area (Å²) in [7, 11) is -3.43. The molecule has 8 heteroatoms. The zero-order valence-electron chi connectivity index (χ0n) is 27.2. The van der Waals surface area contributed by atoms with E-state index in [0.717, 1.165) is 50.5 Å². The van der Waals surface area contributed by atoms with Crippen LogP contribution in [-0.4, -0.2) is 56.1 Å². The lowest BCUT2D eigenvalue weighted by Crippen LogP contribution is -2.54. The summed E-state index contributed by atoms with van der Waals surface area (Å²) in [4.78, 5) is 15.6. The van der Waals surface area contributed by atoms with E-state index in [9.17, 15) is 13.2 Å². The molecule has 242 valence electrons. The Kier molecular flexibility index (Phi) is 7.77. The van der Waals surface area contributed by atoms with Crippen LogP contribution < -0.4 is 0 Å². The monoisotopic (exact) mass is 625 g/mol. The zero-order valence-corrected chi connectivity index (χ0v) is 28.0. The van der Waals surface area contributed by atoms with Crippen molar-refractivity contribution < 1.29 is 26.9 Å². The Balaban J connectivity index is 1.12. The number of ether oxygens (including phenoxy) is 2. The highest BCUT2D eigenvalue weighted by atomic mass is 32.2. The van der Waals surface area contributed by atoms with Gasteiger partial charge in [0.25, 0.3) is 10.1 Å². The maximum atomic E-state index is 13.6. The van der Waals surface area contributed by atoms with Gasteiger partial charge in [0.2, 0.25) is 0 Å². The fourth-order valence-electron chi connectivity index (χ4n) is 11.2.